The maximum absolute atomic E-state index is 11.4. The van der Waals surface area contributed by atoms with E-state index in [1.807, 2.05) is 26.0 Å². The first-order chi connectivity index (χ1) is 9.11. The summed E-state index contributed by atoms with van der Waals surface area (Å²) in [6.07, 6.45) is 2.30. The fourth-order valence-electron chi connectivity index (χ4n) is 2.63. The summed E-state index contributed by atoms with van der Waals surface area (Å²) in [5, 5.41) is 9.33. The Bertz CT molecular complexity index is 457. The molecule has 1 aliphatic rings. The number of benzene rings is 1. The van der Waals surface area contributed by atoms with Gasteiger partial charge in [0.1, 0.15) is 0 Å². The van der Waals surface area contributed by atoms with Crippen LogP contribution in [-0.2, 0) is 4.74 Å². The van der Waals surface area contributed by atoms with Crippen LogP contribution in [0.3, 0.4) is 0 Å². The van der Waals surface area contributed by atoms with Crippen LogP contribution in [0.15, 0.2) is 18.2 Å². The van der Waals surface area contributed by atoms with Crippen molar-refractivity contribution >= 4 is 11.7 Å². The molecular formula is C15H21NO3. The zero-order chi connectivity index (χ0) is 13.8. The third kappa shape index (κ3) is 3.26. The molecule has 1 fully saturated rings. The average molecular weight is 263 g/mol. The summed E-state index contributed by atoms with van der Waals surface area (Å²) < 4.78 is 5.67. The van der Waals surface area contributed by atoms with Gasteiger partial charge >= 0.3 is 5.97 Å². The third-order valence-electron chi connectivity index (χ3n) is 3.50. The molecule has 1 aliphatic heterocycles. The Morgan fingerprint density at radius 3 is 3.00 bits per heavy atom. The second-order valence-electron chi connectivity index (χ2n) is 4.99. The predicted octanol–water partition coefficient (Wildman–Crippen LogP) is 2.70. The van der Waals surface area contributed by atoms with E-state index in [1.54, 1.807) is 6.07 Å². The van der Waals surface area contributed by atoms with E-state index >= 15 is 0 Å². The minimum absolute atomic E-state index is 0.210. The molecule has 1 unspecified atom stereocenters. The van der Waals surface area contributed by atoms with Gasteiger partial charge in [-0.3, -0.25) is 0 Å². The fourth-order valence-corrected chi connectivity index (χ4v) is 2.63. The van der Waals surface area contributed by atoms with Crippen LogP contribution in [0.4, 0.5) is 5.69 Å². The van der Waals surface area contributed by atoms with Gasteiger partial charge in [0.15, 0.2) is 0 Å². The van der Waals surface area contributed by atoms with E-state index in [-0.39, 0.29) is 6.10 Å². The number of carboxylic acid groups (broad SMARTS) is 1. The lowest BCUT2D eigenvalue weighted by atomic mass is 10.0. The van der Waals surface area contributed by atoms with Crippen molar-refractivity contribution in [2.45, 2.75) is 32.8 Å². The first-order valence-electron chi connectivity index (χ1n) is 6.82. The number of rotatable bonds is 4. The van der Waals surface area contributed by atoms with Crippen LogP contribution in [0, 0.1) is 6.92 Å². The van der Waals surface area contributed by atoms with Crippen molar-refractivity contribution in [1.29, 1.82) is 0 Å². The molecule has 0 amide bonds. The van der Waals surface area contributed by atoms with Crippen molar-refractivity contribution in [3.05, 3.63) is 29.3 Å². The number of carbonyl (C=O) groups is 1. The van der Waals surface area contributed by atoms with Gasteiger partial charge < -0.3 is 14.7 Å². The first-order valence-corrected chi connectivity index (χ1v) is 6.82. The number of aromatic carboxylic acids is 1. The van der Waals surface area contributed by atoms with Gasteiger partial charge in [-0.25, -0.2) is 4.79 Å². The number of hydrogen-bond acceptors (Lipinski definition) is 3. The lowest BCUT2D eigenvalue weighted by molar-refractivity contribution is 0.0524. The molecule has 1 atom stereocenters. The number of hydrogen-bond donors (Lipinski definition) is 1. The molecule has 4 heteroatoms. The van der Waals surface area contributed by atoms with Crippen LogP contribution in [0.2, 0.25) is 0 Å². The Morgan fingerprint density at radius 1 is 1.53 bits per heavy atom. The Labute approximate surface area is 114 Å². The monoisotopic (exact) mass is 263 g/mol. The highest BCUT2D eigenvalue weighted by Gasteiger charge is 2.23. The lowest BCUT2D eigenvalue weighted by Gasteiger charge is -2.35. The van der Waals surface area contributed by atoms with Gasteiger partial charge in [-0.1, -0.05) is 11.6 Å². The van der Waals surface area contributed by atoms with E-state index in [1.165, 1.54) is 0 Å². The highest BCUT2D eigenvalue weighted by Crippen LogP contribution is 2.26. The Balaban J connectivity index is 2.23. The Morgan fingerprint density at radius 2 is 2.32 bits per heavy atom. The molecule has 0 aromatic heterocycles. The molecule has 0 saturated carbocycles. The molecule has 1 aromatic rings. The first kappa shape index (κ1) is 13.9. The molecular weight excluding hydrogens is 242 g/mol. The van der Waals surface area contributed by atoms with Gasteiger partial charge in [0.2, 0.25) is 0 Å². The summed E-state index contributed by atoms with van der Waals surface area (Å²) in [6, 6.07) is 5.61. The summed E-state index contributed by atoms with van der Waals surface area (Å²) >= 11 is 0. The predicted molar refractivity (Wildman–Crippen MR) is 75.0 cm³/mol. The van der Waals surface area contributed by atoms with Crippen LogP contribution < -0.4 is 4.90 Å². The highest BCUT2D eigenvalue weighted by molar-refractivity contribution is 5.94. The second kappa shape index (κ2) is 6.06. The number of anilines is 1. The molecule has 1 N–H and O–H groups in total. The summed E-state index contributed by atoms with van der Waals surface area (Å²) in [4.78, 5) is 13.5. The van der Waals surface area contributed by atoms with Crippen LogP contribution >= 0.6 is 0 Å². The molecule has 4 nitrogen and oxygen atoms in total. The zero-order valence-electron chi connectivity index (χ0n) is 11.6. The van der Waals surface area contributed by atoms with Gasteiger partial charge in [-0.2, -0.15) is 0 Å². The smallest absolute Gasteiger partial charge is 0.337 e. The summed E-state index contributed by atoms with van der Waals surface area (Å²) in [7, 11) is 0. The van der Waals surface area contributed by atoms with E-state index in [0.717, 1.165) is 37.2 Å². The highest BCUT2D eigenvalue weighted by atomic mass is 16.5. The number of nitrogens with zero attached hydrogens (tertiary/aromatic N) is 1. The summed E-state index contributed by atoms with van der Waals surface area (Å²) in [5.74, 6) is -0.864. The summed E-state index contributed by atoms with van der Waals surface area (Å²) in [6.45, 7) is 6.28. The van der Waals surface area contributed by atoms with Gasteiger partial charge in [0, 0.05) is 19.7 Å². The van der Waals surface area contributed by atoms with E-state index in [4.69, 9.17) is 4.74 Å². The van der Waals surface area contributed by atoms with Gasteiger partial charge in [0.05, 0.1) is 17.4 Å². The fraction of sp³-hybridized carbons (Fsp3) is 0.533. The van der Waals surface area contributed by atoms with Gasteiger partial charge in [0.25, 0.3) is 0 Å². The van der Waals surface area contributed by atoms with Crippen molar-refractivity contribution in [3.8, 4) is 0 Å². The van der Waals surface area contributed by atoms with Crippen LogP contribution in [0.1, 0.15) is 35.7 Å². The number of carboxylic acids is 1. The minimum atomic E-state index is -0.864. The molecule has 1 aromatic carbocycles. The maximum Gasteiger partial charge on any atom is 0.337 e. The molecule has 1 heterocycles. The molecule has 19 heavy (non-hydrogen) atoms. The summed E-state index contributed by atoms with van der Waals surface area (Å²) in [5.41, 5.74) is 2.17. The van der Waals surface area contributed by atoms with E-state index < -0.39 is 5.97 Å². The SMILES string of the molecule is CCOC1CCCN(c2ccc(C)cc2C(=O)O)C1. The van der Waals surface area contributed by atoms with Crippen LogP contribution in [-0.4, -0.2) is 36.9 Å². The molecule has 0 spiro atoms. The topological polar surface area (TPSA) is 49.8 Å². The van der Waals surface area contributed by atoms with Crippen molar-refractivity contribution in [3.63, 3.8) is 0 Å². The van der Waals surface area contributed by atoms with Crippen LogP contribution in [0.25, 0.3) is 0 Å². The molecule has 104 valence electrons. The molecule has 0 bridgehead atoms. The molecule has 0 radical (unpaired) electrons. The number of ether oxygens (including phenoxy) is 1. The van der Waals surface area contributed by atoms with Crippen molar-refractivity contribution < 1.29 is 14.6 Å². The minimum Gasteiger partial charge on any atom is -0.478 e. The maximum atomic E-state index is 11.4. The zero-order valence-corrected chi connectivity index (χ0v) is 11.6. The second-order valence-corrected chi connectivity index (χ2v) is 4.99. The molecule has 0 aliphatic carbocycles. The largest absolute Gasteiger partial charge is 0.478 e. The van der Waals surface area contributed by atoms with Crippen LogP contribution in [0.5, 0.6) is 0 Å². The van der Waals surface area contributed by atoms with Crippen molar-refractivity contribution in [2.24, 2.45) is 0 Å². The molecule has 2 rings (SSSR count). The Hall–Kier alpha value is -1.55. The van der Waals surface area contributed by atoms with Crippen molar-refractivity contribution in [1.82, 2.24) is 0 Å². The third-order valence-corrected chi connectivity index (χ3v) is 3.50. The van der Waals surface area contributed by atoms with E-state index in [0.29, 0.717) is 12.2 Å². The quantitative estimate of drug-likeness (QED) is 0.907. The Kier molecular flexibility index (Phi) is 4.43. The van der Waals surface area contributed by atoms with Gasteiger partial charge in [-0.05, 0) is 38.8 Å². The van der Waals surface area contributed by atoms with E-state index in [9.17, 15) is 9.90 Å². The van der Waals surface area contributed by atoms with Crippen molar-refractivity contribution in [2.75, 3.05) is 24.6 Å². The number of aryl methyl sites for hydroxylation is 1. The average Bonchev–Trinajstić information content (AvgIpc) is 2.39. The molecule has 1 saturated heterocycles. The standard InChI is InChI=1S/C15H21NO3/c1-3-19-12-5-4-8-16(10-12)14-7-6-11(2)9-13(14)15(17)18/h6-7,9,12H,3-5,8,10H2,1-2H3,(H,17,18). The number of piperidine rings is 1. The van der Waals surface area contributed by atoms with Gasteiger partial charge in [-0.15, -0.1) is 0 Å². The normalized spacial score (nSPS) is 19.5. The van der Waals surface area contributed by atoms with E-state index in [2.05, 4.69) is 4.90 Å². The lowest BCUT2D eigenvalue weighted by Crippen LogP contribution is -2.40.